The maximum atomic E-state index is 13.0. The van der Waals surface area contributed by atoms with Crippen molar-refractivity contribution in [1.29, 1.82) is 0 Å². The van der Waals surface area contributed by atoms with Crippen LogP contribution in [0.4, 0.5) is 5.69 Å². The molecule has 4 aliphatic rings. The maximum Gasteiger partial charge on any atom is 0.256 e. The quantitative estimate of drug-likeness (QED) is 0.571. The van der Waals surface area contributed by atoms with Crippen molar-refractivity contribution in [2.75, 3.05) is 37.6 Å². The van der Waals surface area contributed by atoms with Crippen molar-refractivity contribution in [3.63, 3.8) is 0 Å². The van der Waals surface area contributed by atoms with Gasteiger partial charge < -0.3 is 19.8 Å². The molecule has 206 valence electrons. The smallest absolute Gasteiger partial charge is 0.256 e. The number of imide groups is 1. The van der Waals surface area contributed by atoms with Gasteiger partial charge in [0.25, 0.3) is 5.91 Å². The molecule has 9 heteroatoms. The highest BCUT2D eigenvalue weighted by molar-refractivity contribution is 6.05. The molecule has 3 fully saturated rings. The van der Waals surface area contributed by atoms with E-state index >= 15 is 0 Å². The Kier molecular flexibility index (Phi) is 6.89. The number of nitrogens with zero attached hydrogens (tertiary/aromatic N) is 4. The van der Waals surface area contributed by atoms with E-state index in [1.165, 1.54) is 29.0 Å². The van der Waals surface area contributed by atoms with E-state index < -0.39 is 17.6 Å². The van der Waals surface area contributed by atoms with Crippen molar-refractivity contribution in [1.82, 2.24) is 20.1 Å². The lowest BCUT2D eigenvalue weighted by atomic mass is 9.86. The molecule has 0 bridgehead atoms. The van der Waals surface area contributed by atoms with E-state index in [-0.39, 0.29) is 24.8 Å². The monoisotopic (exact) mass is 531 g/mol. The topological polar surface area (TPSA) is 106 Å². The third-order valence-electron chi connectivity index (χ3n) is 9.12. The van der Waals surface area contributed by atoms with Gasteiger partial charge in [-0.25, -0.2) is 0 Å². The molecule has 0 radical (unpaired) electrons. The van der Waals surface area contributed by atoms with E-state index in [1.54, 1.807) is 12.1 Å². The number of fused-ring (bicyclic) bond motifs is 1. The van der Waals surface area contributed by atoms with Crippen LogP contribution in [-0.2, 0) is 21.7 Å². The predicted octanol–water partition coefficient (Wildman–Crippen LogP) is 2.35. The highest BCUT2D eigenvalue weighted by Crippen LogP contribution is 2.35. The Balaban J connectivity index is 1.04. The average molecular weight is 532 g/mol. The third kappa shape index (κ3) is 5.05. The number of likely N-dealkylation sites (tertiary alicyclic amines) is 1. The van der Waals surface area contributed by atoms with Gasteiger partial charge in [0, 0.05) is 44.8 Å². The molecule has 1 atom stereocenters. The number of hydrogen-bond acceptors (Lipinski definition) is 7. The lowest BCUT2D eigenvalue weighted by Gasteiger charge is -2.41. The molecule has 2 aromatic rings. The van der Waals surface area contributed by atoms with E-state index in [9.17, 15) is 19.5 Å². The first-order chi connectivity index (χ1) is 18.8. The molecule has 39 heavy (non-hydrogen) atoms. The Morgan fingerprint density at radius 3 is 2.46 bits per heavy atom. The molecular weight excluding hydrogens is 494 g/mol. The Bertz CT molecular complexity index is 1280. The minimum atomic E-state index is -1.02. The summed E-state index contributed by atoms with van der Waals surface area (Å²) in [5, 5.41) is 13.9. The molecule has 3 saturated heterocycles. The van der Waals surface area contributed by atoms with Gasteiger partial charge in [0.1, 0.15) is 11.6 Å². The molecule has 4 aliphatic heterocycles. The molecular formula is C30H37N5O4. The number of aromatic nitrogens is 1. The standard InChI is InChI=1S/C30H37N5O4/c1-20-4-2-3-5-24(20)34-14-10-21(11-15-34)18-33-16-12-30(39,13-17-33)26-8-6-22-23(31-26)19-35(29(22)38)25-7-9-27(36)32-28(25)37/h2-6,8,21,25,39H,7,9-19H2,1H3,(H,32,36,37). The van der Waals surface area contributed by atoms with Crippen LogP contribution in [0.15, 0.2) is 36.4 Å². The van der Waals surface area contributed by atoms with Crippen molar-refractivity contribution < 1.29 is 19.5 Å². The Morgan fingerprint density at radius 1 is 1.00 bits per heavy atom. The van der Waals surface area contributed by atoms with E-state index in [2.05, 4.69) is 46.3 Å². The van der Waals surface area contributed by atoms with Crippen LogP contribution < -0.4 is 10.2 Å². The molecule has 6 rings (SSSR count). The molecule has 9 nitrogen and oxygen atoms in total. The van der Waals surface area contributed by atoms with Gasteiger partial charge in [-0.3, -0.25) is 24.7 Å². The van der Waals surface area contributed by atoms with Crippen molar-refractivity contribution in [2.45, 2.75) is 63.6 Å². The lowest BCUT2D eigenvalue weighted by Crippen LogP contribution is -2.52. The van der Waals surface area contributed by atoms with Crippen LogP contribution in [0.25, 0.3) is 0 Å². The molecule has 0 aliphatic carbocycles. The highest BCUT2D eigenvalue weighted by Gasteiger charge is 2.42. The number of carbonyl (C=O) groups excluding carboxylic acids is 3. The number of hydrogen-bond donors (Lipinski definition) is 2. The molecule has 1 aromatic carbocycles. The molecule has 1 unspecified atom stereocenters. The summed E-state index contributed by atoms with van der Waals surface area (Å²) in [5.41, 5.74) is 3.33. The van der Waals surface area contributed by atoms with E-state index in [0.717, 1.165) is 32.7 Å². The van der Waals surface area contributed by atoms with E-state index in [4.69, 9.17) is 4.98 Å². The first-order valence-electron chi connectivity index (χ1n) is 14.2. The molecule has 1 aromatic heterocycles. The number of piperidine rings is 3. The number of nitrogens with one attached hydrogen (secondary N) is 1. The molecule has 0 saturated carbocycles. The van der Waals surface area contributed by atoms with Gasteiger partial charge in [0.2, 0.25) is 11.8 Å². The van der Waals surface area contributed by atoms with Crippen LogP contribution in [0, 0.1) is 12.8 Å². The van der Waals surface area contributed by atoms with Gasteiger partial charge >= 0.3 is 0 Å². The van der Waals surface area contributed by atoms with Gasteiger partial charge in [-0.2, -0.15) is 0 Å². The van der Waals surface area contributed by atoms with E-state index in [0.29, 0.717) is 42.1 Å². The number of amides is 3. The zero-order chi connectivity index (χ0) is 27.1. The number of pyridine rings is 1. The van der Waals surface area contributed by atoms with Crippen molar-refractivity contribution in [2.24, 2.45) is 5.92 Å². The van der Waals surface area contributed by atoms with Gasteiger partial charge in [-0.05, 0) is 68.7 Å². The molecule has 2 N–H and O–H groups in total. The SMILES string of the molecule is Cc1ccccc1N1CCC(CN2CCC(O)(c3ccc4c(n3)CN(C3CCC(=O)NC3=O)C4=O)CC2)CC1. The summed E-state index contributed by atoms with van der Waals surface area (Å²) in [7, 11) is 0. The fourth-order valence-electron chi connectivity index (χ4n) is 6.70. The van der Waals surface area contributed by atoms with Crippen molar-refractivity contribution >= 4 is 23.4 Å². The number of carbonyl (C=O) groups is 3. The summed E-state index contributed by atoms with van der Waals surface area (Å²) in [6.07, 6.45) is 4.11. The van der Waals surface area contributed by atoms with Gasteiger partial charge in [0.05, 0.1) is 23.5 Å². The summed E-state index contributed by atoms with van der Waals surface area (Å²) in [6.45, 7) is 7.26. The predicted molar refractivity (Wildman–Crippen MR) is 146 cm³/mol. The number of benzene rings is 1. The second-order valence-corrected chi connectivity index (χ2v) is 11.6. The largest absolute Gasteiger partial charge is 0.383 e. The molecule has 3 amide bonds. The molecule has 0 spiro atoms. The first-order valence-corrected chi connectivity index (χ1v) is 14.2. The second-order valence-electron chi connectivity index (χ2n) is 11.6. The Morgan fingerprint density at radius 2 is 1.74 bits per heavy atom. The minimum absolute atomic E-state index is 0.220. The normalized spacial score (nSPS) is 24.2. The summed E-state index contributed by atoms with van der Waals surface area (Å²) in [6, 6.07) is 11.4. The Labute approximate surface area is 229 Å². The number of rotatable bonds is 5. The maximum absolute atomic E-state index is 13.0. The average Bonchev–Trinajstić information content (AvgIpc) is 3.26. The number of anilines is 1. The van der Waals surface area contributed by atoms with Gasteiger partial charge in [-0.15, -0.1) is 0 Å². The number of aliphatic hydroxyl groups is 1. The van der Waals surface area contributed by atoms with Gasteiger partial charge in [0.15, 0.2) is 0 Å². The first kappa shape index (κ1) is 26.0. The Hall–Kier alpha value is -3.30. The van der Waals surface area contributed by atoms with Crippen LogP contribution in [0.2, 0.25) is 0 Å². The summed E-state index contributed by atoms with van der Waals surface area (Å²) in [4.78, 5) is 48.1. The lowest BCUT2D eigenvalue weighted by molar-refractivity contribution is -0.136. The van der Waals surface area contributed by atoms with Crippen LogP contribution in [0.3, 0.4) is 0 Å². The van der Waals surface area contributed by atoms with Crippen LogP contribution in [-0.4, -0.2) is 76.4 Å². The van der Waals surface area contributed by atoms with Gasteiger partial charge in [-0.1, -0.05) is 18.2 Å². The summed E-state index contributed by atoms with van der Waals surface area (Å²) < 4.78 is 0. The highest BCUT2D eigenvalue weighted by atomic mass is 16.3. The number of para-hydroxylation sites is 1. The minimum Gasteiger partial charge on any atom is -0.383 e. The zero-order valence-corrected chi connectivity index (χ0v) is 22.6. The van der Waals surface area contributed by atoms with Crippen molar-refractivity contribution in [3.05, 3.63) is 58.9 Å². The van der Waals surface area contributed by atoms with Crippen LogP contribution in [0.5, 0.6) is 0 Å². The zero-order valence-electron chi connectivity index (χ0n) is 22.6. The second kappa shape index (κ2) is 10.4. The summed E-state index contributed by atoms with van der Waals surface area (Å²) >= 11 is 0. The number of aryl methyl sites for hydroxylation is 1. The van der Waals surface area contributed by atoms with Crippen molar-refractivity contribution in [3.8, 4) is 0 Å². The van der Waals surface area contributed by atoms with Crippen LogP contribution >= 0.6 is 0 Å². The van der Waals surface area contributed by atoms with E-state index in [1.807, 2.05) is 0 Å². The molecule has 5 heterocycles. The fourth-order valence-corrected chi connectivity index (χ4v) is 6.70. The summed E-state index contributed by atoms with van der Waals surface area (Å²) in [5.74, 6) is -0.311. The third-order valence-corrected chi connectivity index (χ3v) is 9.12. The van der Waals surface area contributed by atoms with Crippen LogP contribution in [0.1, 0.15) is 65.8 Å². The fraction of sp³-hybridized carbons (Fsp3) is 0.533.